The lowest BCUT2D eigenvalue weighted by molar-refractivity contribution is -0.123. The van der Waals surface area contributed by atoms with Crippen molar-refractivity contribution in [3.63, 3.8) is 0 Å². The number of aromatic nitrogens is 4. The standard InChI is InChI=1S/C11H20N6O2/c1-8(11-14-16-17-15-11)13-10(18)4-7-19-9-2-5-12-6-3-9/h8-9,12H,2-7H2,1H3,(H,13,18)(H,14,15,16,17). The Bertz CT molecular complexity index is 377. The first-order valence-corrected chi connectivity index (χ1v) is 6.60. The van der Waals surface area contributed by atoms with E-state index in [9.17, 15) is 4.79 Å². The van der Waals surface area contributed by atoms with Gasteiger partial charge in [-0.1, -0.05) is 5.21 Å². The van der Waals surface area contributed by atoms with Crippen LogP contribution >= 0.6 is 0 Å². The van der Waals surface area contributed by atoms with Crippen LogP contribution in [0.1, 0.15) is 38.1 Å². The van der Waals surface area contributed by atoms with E-state index >= 15 is 0 Å². The first-order valence-electron chi connectivity index (χ1n) is 6.60. The van der Waals surface area contributed by atoms with Crippen molar-refractivity contribution in [3.8, 4) is 0 Å². The Morgan fingerprint density at radius 1 is 1.53 bits per heavy atom. The number of hydrogen-bond acceptors (Lipinski definition) is 6. The number of tetrazole rings is 1. The molecule has 0 bridgehead atoms. The topological polar surface area (TPSA) is 105 Å². The van der Waals surface area contributed by atoms with E-state index in [0.29, 0.717) is 18.9 Å². The summed E-state index contributed by atoms with van der Waals surface area (Å²) in [6.45, 7) is 4.25. The van der Waals surface area contributed by atoms with Crippen molar-refractivity contribution in [1.82, 2.24) is 31.3 Å². The molecule has 0 spiro atoms. The molecular formula is C11H20N6O2. The molecule has 106 valence electrons. The summed E-state index contributed by atoms with van der Waals surface area (Å²) in [5.74, 6) is 0.416. The fraction of sp³-hybridized carbons (Fsp3) is 0.818. The molecule has 0 aliphatic carbocycles. The van der Waals surface area contributed by atoms with E-state index in [2.05, 4.69) is 31.3 Å². The molecule has 0 aromatic carbocycles. The van der Waals surface area contributed by atoms with Gasteiger partial charge in [-0.2, -0.15) is 5.21 Å². The van der Waals surface area contributed by atoms with Crippen LogP contribution in [0.25, 0.3) is 0 Å². The molecular weight excluding hydrogens is 248 g/mol. The van der Waals surface area contributed by atoms with Gasteiger partial charge >= 0.3 is 0 Å². The number of H-pyrrole nitrogens is 1. The van der Waals surface area contributed by atoms with Gasteiger partial charge in [-0.05, 0) is 32.9 Å². The zero-order chi connectivity index (χ0) is 13.5. The minimum atomic E-state index is -0.245. The molecule has 1 aliphatic heterocycles. The second-order valence-electron chi connectivity index (χ2n) is 4.63. The Balaban J connectivity index is 1.61. The number of amides is 1. The molecule has 19 heavy (non-hydrogen) atoms. The highest BCUT2D eigenvalue weighted by atomic mass is 16.5. The van der Waals surface area contributed by atoms with Gasteiger partial charge in [-0.3, -0.25) is 4.79 Å². The summed E-state index contributed by atoms with van der Waals surface area (Å²) in [5.41, 5.74) is 0. The van der Waals surface area contributed by atoms with Gasteiger partial charge in [0.05, 0.1) is 18.8 Å². The summed E-state index contributed by atoms with van der Waals surface area (Å²) in [4.78, 5) is 11.7. The zero-order valence-corrected chi connectivity index (χ0v) is 11.1. The number of aromatic amines is 1. The molecule has 0 radical (unpaired) electrons. The lowest BCUT2D eigenvalue weighted by Gasteiger charge is -2.22. The summed E-state index contributed by atoms with van der Waals surface area (Å²) >= 11 is 0. The molecule has 1 fully saturated rings. The van der Waals surface area contributed by atoms with E-state index in [0.717, 1.165) is 25.9 Å². The van der Waals surface area contributed by atoms with E-state index in [1.54, 1.807) is 0 Å². The summed E-state index contributed by atoms with van der Waals surface area (Å²) < 4.78 is 5.68. The first kappa shape index (κ1) is 13.9. The van der Waals surface area contributed by atoms with Crippen LogP contribution in [0.4, 0.5) is 0 Å². The van der Waals surface area contributed by atoms with Gasteiger partial charge in [-0.25, -0.2) is 0 Å². The van der Waals surface area contributed by atoms with Gasteiger partial charge in [0, 0.05) is 6.42 Å². The molecule has 1 amide bonds. The lowest BCUT2D eigenvalue weighted by atomic mass is 10.1. The van der Waals surface area contributed by atoms with Crippen molar-refractivity contribution < 1.29 is 9.53 Å². The van der Waals surface area contributed by atoms with E-state index in [-0.39, 0.29) is 18.1 Å². The second-order valence-corrected chi connectivity index (χ2v) is 4.63. The largest absolute Gasteiger partial charge is 0.378 e. The first-order chi connectivity index (χ1) is 9.25. The van der Waals surface area contributed by atoms with Crippen molar-refractivity contribution in [1.29, 1.82) is 0 Å². The fourth-order valence-electron chi connectivity index (χ4n) is 2.01. The van der Waals surface area contributed by atoms with Crippen LogP contribution in [0.15, 0.2) is 0 Å². The average Bonchev–Trinajstić information content (AvgIpc) is 2.94. The normalized spacial score (nSPS) is 18.2. The van der Waals surface area contributed by atoms with Crippen molar-refractivity contribution in [2.75, 3.05) is 19.7 Å². The lowest BCUT2D eigenvalue weighted by Crippen LogP contribution is -2.33. The van der Waals surface area contributed by atoms with Crippen molar-refractivity contribution in [2.45, 2.75) is 38.3 Å². The highest BCUT2D eigenvalue weighted by Crippen LogP contribution is 2.08. The number of rotatable bonds is 6. The van der Waals surface area contributed by atoms with Crippen LogP contribution in [0.5, 0.6) is 0 Å². The Kier molecular flexibility index (Phi) is 5.22. The maximum absolute atomic E-state index is 11.7. The smallest absolute Gasteiger partial charge is 0.222 e. The van der Waals surface area contributed by atoms with Gasteiger partial charge in [0.2, 0.25) is 5.91 Å². The quantitative estimate of drug-likeness (QED) is 0.644. The van der Waals surface area contributed by atoms with E-state index < -0.39 is 0 Å². The van der Waals surface area contributed by atoms with Gasteiger partial charge < -0.3 is 15.4 Å². The van der Waals surface area contributed by atoms with Gasteiger partial charge in [0.25, 0.3) is 0 Å². The highest BCUT2D eigenvalue weighted by Gasteiger charge is 2.15. The van der Waals surface area contributed by atoms with Gasteiger partial charge in [-0.15, -0.1) is 10.2 Å². The molecule has 1 atom stereocenters. The molecule has 1 saturated heterocycles. The monoisotopic (exact) mass is 268 g/mol. The van der Waals surface area contributed by atoms with Gasteiger partial charge in [0.15, 0.2) is 5.82 Å². The summed E-state index contributed by atoms with van der Waals surface area (Å²) in [7, 11) is 0. The van der Waals surface area contributed by atoms with Crippen LogP contribution in [-0.4, -0.2) is 52.3 Å². The molecule has 1 unspecified atom stereocenters. The highest BCUT2D eigenvalue weighted by molar-refractivity contribution is 5.76. The number of carbonyl (C=O) groups is 1. The molecule has 1 aliphatic rings. The SMILES string of the molecule is CC(NC(=O)CCOC1CCNCC1)c1nn[nH]n1. The third-order valence-electron chi connectivity index (χ3n) is 3.10. The summed E-state index contributed by atoms with van der Waals surface area (Å²) in [6, 6.07) is -0.245. The molecule has 8 heteroatoms. The fourth-order valence-corrected chi connectivity index (χ4v) is 2.01. The number of nitrogens with zero attached hydrogens (tertiary/aromatic N) is 3. The maximum atomic E-state index is 11.7. The average molecular weight is 268 g/mol. The number of nitrogens with one attached hydrogen (secondary N) is 3. The van der Waals surface area contributed by atoms with Crippen LogP contribution < -0.4 is 10.6 Å². The van der Waals surface area contributed by atoms with Crippen LogP contribution in [0.3, 0.4) is 0 Å². The Labute approximate surface area is 111 Å². The van der Waals surface area contributed by atoms with Crippen molar-refractivity contribution in [2.24, 2.45) is 0 Å². The van der Waals surface area contributed by atoms with Crippen LogP contribution in [-0.2, 0) is 9.53 Å². The second kappa shape index (κ2) is 7.15. The van der Waals surface area contributed by atoms with Crippen LogP contribution in [0, 0.1) is 0 Å². The molecule has 1 aromatic rings. The zero-order valence-electron chi connectivity index (χ0n) is 11.1. The third kappa shape index (κ3) is 4.56. The third-order valence-corrected chi connectivity index (χ3v) is 3.10. The predicted molar refractivity (Wildman–Crippen MR) is 67.2 cm³/mol. The minimum absolute atomic E-state index is 0.0637. The number of ether oxygens (including phenoxy) is 1. The molecule has 1 aromatic heterocycles. The predicted octanol–water partition coefficient (Wildman–Crippen LogP) is -0.464. The maximum Gasteiger partial charge on any atom is 0.222 e. The number of carbonyl (C=O) groups excluding carboxylic acids is 1. The summed E-state index contributed by atoms with van der Waals surface area (Å²) in [5, 5.41) is 19.5. The molecule has 0 saturated carbocycles. The molecule has 2 heterocycles. The molecule has 2 rings (SSSR count). The number of piperidine rings is 1. The number of hydrogen-bond donors (Lipinski definition) is 3. The summed E-state index contributed by atoms with van der Waals surface area (Å²) in [6.07, 6.45) is 2.66. The van der Waals surface area contributed by atoms with E-state index in [1.807, 2.05) is 6.92 Å². The van der Waals surface area contributed by atoms with Crippen LogP contribution in [0.2, 0.25) is 0 Å². The van der Waals surface area contributed by atoms with E-state index in [4.69, 9.17) is 4.74 Å². The molecule has 3 N–H and O–H groups in total. The Hall–Kier alpha value is -1.54. The minimum Gasteiger partial charge on any atom is -0.378 e. The van der Waals surface area contributed by atoms with Crippen molar-refractivity contribution in [3.05, 3.63) is 5.82 Å². The van der Waals surface area contributed by atoms with Crippen molar-refractivity contribution >= 4 is 5.91 Å². The Morgan fingerprint density at radius 2 is 2.32 bits per heavy atom. The Morgan fingerprint density at radius 3 is 3.00 bits per heavy atom. The van der Waals surface area contributed by atoms with Gasteiger partial charge in [0.1, 0.15) is 0 Å². The van der Waals surface area contributed by atoms with E-state index in [1.165, 1.54) is 0 Å². The molecule has 8 nitrogen and oxygen atoms in total.